The van der Waals surface area contributed by atoms with Crippen LogP contribution in [0.15, 0.2) is 48.5 Å². The molecule has 0 saturated heterocycles. The van der Waals surface area contributed by atoms with Crippen LogP contribution in [0, 0.1) is 0 Å². The van der Waals surface area contributed by atoms with Crippen molar-refractivity contribution in [3.05, 3.63) is 59.8 Å². The molecule has 0 radical (unpaired) electrons. The lowest BCUT2D eigenvalue weighted by Gasteiger charge is -2.07. The minimum Gasteiger partial charge on any atom is -0.497 e. The van der Waals surface area contributed by atoms with Gasteiger partial charge in [0.25, 0.3) is 0 Å². The summed E-state index contributed by atoms with van der Waals surface area (Å²) in [7, 11) is 2.95. The molecule has 0 aliphatic heterocycles. The van der Waals surface area contributed by atoms with Gasteiger partial charge >= 0.3 is 5.97 Å². The zero-order valence-electron chi connectivity index (χ0n) is 13.4. The van der Waals surface area contributed by atoms with Crippen LogP contribution in [0.25, 0.3) is 11.0 Å². The van der Waals surface area contributed by atoms with E-state index in [2.05, 4.69) is 14.7 Å². The van der Waals surface area contributed by atoms with Crippen LogP contribution in [0.1, 0.15) is 16.1 Å². The number of methoxy groups -OCH3 is 2. The number of fused-ring (bicyclic) bond motifs is 1. The van der Waals surface area contributed by atoms with Gasteiger partial charge in [0.2, 0.25) is 5.88 Å². The van der Waals surface area contributed by atoms with Crippen molar-refractivity contribution in [3.8, 4) is 11.6 Å². The summed E-state index contributed by atoms with van der Waals surface area (Å²) in [6, 6.07) is 14.4. The highest BCUT2D eigenvalue weighted by Crippen LogP contribution is 2.18. The second kappa shape index (κ2) is 6.95. The largest absolute Gasteiger partial charge is 0.497 e. The third kappa shape index (κ3) is 3.43. The number of aromatic nitrogens is 2. The van der Waals surface area contributed by atoms with Gasteiger partial charge in [0, 0.05) is 6.07 Å². The van der Waals surface area contributed by atoms with Gasteiger partial charge in [0.15, 0.2) is 0 Å². The Morgan fingerprint density at radius 2 is 1.62 bits per heavy atom. The number of hydrogen-bond acceptors (Lipinski definition) is 6. The first-order valence-corrected chi connectivity index (χ1v) is 7.31. The van der Waals surface area contributed by atoms with Gasteiger partial charge < -0.3 is 14.2 Å². The molecule has 1 aromatic carbocycles. The fourth-order valence-electron chi connectivity index (χ4n) is 2.17. The monoisotopic (exact) mass is 324 g/mol. The van der Waals surface area contributed by atoms with Crippen LogP contribution in [0.3, 0.4) is 0 Å². The van der Waals surface area contributed by atoms with Gasteiger partial charge in [-0.2, -0.15) is 0 Å². The van der Waals surface area contributed by atoms with Gasteiger partial charge in [-0.3, -0.25) is 0 Å². The normalized spacial score (nSPS) is 10.4. The molecule has 2 heterocycles. The molecule has 0 fully saturated rings. The average molecular weight is 324 g/mol. The van der Waals surface area contributed by atoms with Crippen LogP contribution in [-0.2, 0) is 11.3 Å². The summed E-state index contributed by atoms with van der Waals surface area (Å²) in [5, 5.41) is 0. The summed E-state index contributed by atoms with van der Waals surface area (Å²) in [5.41, 5.74) is 2.51. The minimum absolute atomic E-state index is 0.249. The van der Waals surface area contributed by atoms with E-state index in [4.69, 9.17) is 9.47 Å². The van der Waals surface area contributed by atoms with E-state index in [1.165, 1.54) is 7.11 Å². The molecule has 3 rings (SSSR count). The second-order valence-corrected chi connectivity index (χ2v) is 5.01. The molecule has 0 N–H and O–H groups in total. The number of benzene rings is 1. The molecular formula is C18H16N2O4. The third-order valence-corrected chi connectivity index (χ3v) is 3.46. The average Bonchev–Trinajstić information content (AvgIpc) is 2.65. The van der Waals surface area contributed by atoms with Crippen molar-refractivity contribution in [2.24, 2.45) is 0 Å². The summed E-state index contributed by atoms with van der Waals surface area (Å²) in [6.45, 7) is 0.399. The number of carbonyl (C=O) groups excluding carboxylic acids is 1. The molecule has 6 nitrogen and oxygen atoms in total. The summed E-state index contributed by atoms with van der Waals surface area (Å²) in [5.74, 6) is 0.817. The highest BCUT2D eigenvalue weighted by atomic mass is 16.5. The maximum absolute atomic E-state index is 11.5. The predicted molar refractivity (Wildman–Crippen MR) is 88.2 cm³/mol. The van der Waals surface area contributed by atoms with E-state index in [-0.39, 0.29) is 5.69 Å². The molecule has 0 atom stereocenters. The van der Waals surface area contributed by atoms with E-state index in [1.807, 2.05) is 24.3 Å². The molecule has 0 bridgehead atoms. The fraction of sp³-hybridized carbons (Fsp3) is 0.167. The number of hydrogen-bond donors (Lipinski definition) is 0. The number of esters is 1. The second-order valence-electron chi connectivity index (χ2n) is 5.01. The van der Waals surface area contributed by atoms with Crippen LogP contribution in [0.5, 0.6) is 11.6 Å². The zero-order valence-corrected chi connectivity index (χ0v) is 13.4. The maximum atomic E-state index is 11.5. The Bertz CT molecular complexity index is 863. The van der Waals surface area contributed by atoms with Gasteiger partial charge in [0.1, 0.15) is 18.1 Å². The first-order valence-electron chi connectivity index (χ1n) is 7.31. The molecule has 2 aromatic heterocycles. The van der Waals surface area contributed by atoms with Crippen molar-refractivity contribution in [2.75, 3.05) is 14.2 Å². The van der Waals surface area contributed by atoms with Crippen molar-refractivity contribution >= 4 is 17.0 Å². The number of ether oxygens (including phenoxy) is 3. The Hall–Kier alpha value is -3.15. The van der Waals surface area contributed by atoms with Crippen molar-refractivity contribution in [1.82, 2.24) is 9.97 Å². The topological polar surface area (TPSA) is 70.5 Å². The van der Waals surface area contributed by atoms with E-state index in [1.54, 1.807) is 31.4 Å². The Balaban J connectivity index is 1.74. The smallest absolute Gasteiger partial charge is 0.356 e. The molecule has 3 aromatic rings. The summed E-state index contributed by atoms with van der Waals surface area (Å²) in [4.78, 5) is 20.1. The molecule has 0 spiro atoms. The van der Waals surface area contributed by atoms with Crippen molar-refractivity contribution in [1.29, 1.82) is 0 Å². The molecule has 0 saturated carbocycles. The fourth-order valence-corrected chi connectivity index (χ4v) is 2.17. The van der Waals surface area contributed by atoms with Gasteiger partial charge in [-0.15, -0.1) is 0 Å². The van der Waals surface area contributed by atoms with Crippen LogP contribution < -0.4 is 9.47 Å². The van der Waals surface area contributed by atoms with Crippen molar-refractivity contribution < 1.29 is 19.0 Å². The predicted octanol–water partition coefficient (Wildman–Crippen LogP) is 3.00. The Morgan fingerprint density at radius 3 is 2.33 bits per heavy atom. The first-order chi connectivity index (χ1) is 11.7. The standard InChI is InChI=1S/C18H16N2O4/c1-22-13-5-3-12(4-6-13)11-24-17-10-9-14-15(20-17)7-8-16(19-14)18(21)23-2/h3-10H,11H2,1-2H3. The van der Waals surface area contributed by atoms with E-state index >= 15 is 0 Å². The lowest BCUT2D eigenvalue weighted by molar-refractivity contribution is 0.0594. The van der Waals surface area contributed by atoms with Crippen LogP contribution in [0.2, 0.25) is 0 Å². The van der Waals surface area contributed by atoms with E-state index < -0.39 is 5.97 Å². The lowest BCUT2D eigenvalue weighted by atomic mass is 10.2. The van der Waals surface area contributed by atoms with E-state index in [0.717, 1.165) is 11.3 Å². The number of carbonyl (C=O) groups is 1. The van der Waals surface area contributed by atoms with Gasteiger partial charge in [-0.25, -0.2) is 14.8 Å². The third-order valence-electron chi connectivity index (χ3n) is 3.46. The first kappa shape index (κ1) is 15.7. The number of nitrogens with zero attached hydrogens (tertiary/aromatic N) is 2. The Kier molecular flexibility index (Phi) is 4.56. The van der Waals surface area contributed by atoms with Gasteiger partial charge in [0.05, 0.1) is 25.3 Å². The lowest BCUT2D eigenvalue weighted by Crippen LogP contribution is -2.04. The Morgan fingerprint density at radius 1 is 0.917 bits per heavy atom. The van der Waals surface area contributed by atoms with Crippen LogP contribution in [0.4, 0.5) is 0 Å². The summed E-state index contributed by atoms with van der Waals surface area (Å²) in [6.07, 6.45) is 0. The van der Waals surface area contributed by atoms with Crippen molar-refractivity contribution in [2.45, 2.75) is 6.61 Å². The minimum atomic E-state index is -0.475. The van der Waals surface area contributed by atoms with Crippen LogP contribution >= 0.6 is 0 Å². The molecule has 6 heteroatoms. The van der Waals surface area contributed by atoms with Gasteiger partial charge in [-0.05, 0) is 35.9 Å². The van der Waals surface area contributed by atoms with Gasteiger partial charge in [-0.1, -0.05) is 12.1 Å². The van der Waals surface area contributed by atoms with E-state index in [9.17, 15) is 4.79 Å². The molecule has 0 aliphatic carbocycles. The SMILES string of the molecule is COC(=O)c1ccc2nc(OCc3ccc(OC)cc3)ccc2n1. The molecule has 24 heavy (non-hydrogen) atoms. The van der Waals surface area contributed by atoms with Crippen LogP contribution in [-0.4, -0.2) is 30.2 Å². The summed E-state index contributed by atoms with van der Waals surface area (Å²) < 4.78 is 15.5. The van der Waals surface area contributed by atoms with E-state index in [0.29, 0.717) is 23.5 Å². The Labute approximate surface area is 139 Å². The highest BCUT2D eigenvalue weighted by molar-refractivity contribution is 5.90. The zero-order chi connectivity index (χ0) is 16.9. The number of pyridine rings is 2. The molecule has 0 unspecified atom stereocenters. The number of rotatable bonds is 5. The molecule has 0 amide bonds. The molecule has 0 aliphatic rings. The molecular weight excluding hydrogens is 308 g/mol. The quantitative estimate of drug-likeness (QED) is 0.672. The highest BCUT2D eigenvalue weighted by Gasteiger charge is 2.09. The van der Waals surface area contributed by atoms with Crippen molar-refractivity contribution in [3.63, 3.8) is 0 Å². The molecule has 122 valence electrons. The maximum Gasteiger partial charge on any atom is 0.356 e. The summed E-state index contributed by atoms with van der Waals surface area (Å²) >= 11 is 0.